The Hall–Kier alpha value is -2.37. The van der Waals surface area contributed by atoms with Crippen molar-refractivity contribution in [3.05, 3.63) is 29.8 Å². The molecule has 1 heterocycles. The molecule has 0 radical (unpaired) electrons. The predicted octanol–water partition coefficient (Wildman–Crippen LogP) is 1.80. The minimum absolute atomic E-state index is 0.0430. The second-order valence-corrected chi connectivity index (χ2v) is 5.64. The van der Waals surface area contributed by atoms with E-state index in [9.17, 15) is 19.5 Å². The Morgan fingerprint density at radius 3 is 2.68 bits per heavy atom. The Bertz CT molecular complexity index is 614. The van der Waals surface area contributed by atoms with E-state index in [1.54, 1.807) is 36.1 Å². The molecule has 1 aromatic rings. The monoisotopic (exact) mass is 304 g/mol. The number of anilines is 1. The average molecular weight is 304 g/mol. The van der Waals surface area contributed by atoms with Crippen LogP contribution < -0.4 is 10.2 Å². The number of benzene rings is 1. The lowest BCUT2D eigenvalue weighted by Crippen LogP contribution is -2.51. The van der Waals surface area contributed by atoms with Gasteiger partial charge in [0.25, 0.3) is 5.91 Å². The van der Waals surface area contributed by atoms with Crippen LogP contribution in [0.15, 0.2) is 24.3 Å². The van der Waals surface area contributed by atoms with Crippen molar-refractivity contribution < 1.29 is 19.5 Å². The number of carboxylic acid groups (broad SMARTS) is 1. The molecule has 2 N–H and O–H groups in total. The summed E-state index contributed by atoms with van der Waals surface area (Å²) in [6.07, 6.45) is 1.60. The van der Waals surface area contributed by atoms with Gasteiger partial charge in [-0.05, 0) is 38.0 Å². The number of amides is 2. The zero-order chi connectivity index (χ0) is 16.3. The molecule has 2 amide bonds. The van der Waals surface area contributed by atoms with Gasteiger partial charge < -0.3 is 15.3 Å². The van der Waals surface area contributed by atoms with Crippen LogP contribution in [-0.2, 0) is 9.59 Å². The minimum atomic E-state index is -1.31. The fourth-order valence-corrected chi connectivity index (χ4v) is 2.35. The van der Waals surface area contributed by atoms with E-state index in [-0.39, 0.29) is 12.3 Å². The van der Waals surface area contributed by atoms with Gasteiger partial charge in [-0.25, -0.2) is 4.79 Å². The van der Waals surface area contributed by atoms with E-state index in [0.29, 0.717) is 24.2 Å². The van der Waals surface area contributed by atoms with Crippen LogP contribution in [0.3, 0.4) is 0 Å². The number of hydrogen-bond donors (Lipinski definition) is 2. The molecule has 0 saturated carbocycles. The number of carbonyl (C=O) groups is 3. The molecular weight excluding hydrogens is 284 g/mol. The van der Waals surface area contributed by atoms with Gasteiger partial charge in [0, 0.05) is 24.2 Å². The van der Waals surface area contributed by atoms with Crippen molar-refractivity contribution in [2.24, 2.45) is 0 Å². The summed E-state index contributed by atoms with van der Waals surface area (Å²) in [6.45, 7) is 3.82. The van der Waals surface area contributed by atoms with Crippen molar-refractivity contribution >= 4 is 23.5 Å². The number of carboxylic acids is 1. The van der Waals surface area contributed by atoms with Gasteiger partial charge in [-0.2, -0.15) is 0 Å². The normalized spacial score (nSPS) is 17.2. The van der Waals surface area contributed by atoms with E-state index in [2.05, 4.69) is 5.32 Å². The fourth-order valence-electron chi connectivity index (χ4n) is 2.35. The summed E-state index contributed by atoms with van der Waals surface area (Å²) < 4.78 is 0. The highest BCUT2D eigenvalue weighted by Crippen LogP contribution is 2.22. The van der Waals surface area contributed by atoms with Crippen LogP contribution in [0, 0.1) is 0 Å². The molecule has 6 nitrogen and oxygen atoms in total. The van der Waals surface area contributed by atoms with Gasteiger partial charge in [-0.15, -0.1) is 0 Å². The Labute approximate surface area is 129 Å². The fraction of sp³-hybridized carbons (Fsp3) is 0.438. The van der Waals surface area contributed by atoms with E-state index in [4.69, 9.17) is 0 Å². The van der Waals surface area contributed by atoms with Crippen molar-refractivity contribution in [2.75, 3.05) is 11.4 Å². The maximum atomic E-state index is 12.3. The summed E-state index contributed by atoms with van der Waals surface area (Å²) in [6, 6.07) is 6.70. The molecule has 118 valence electrons. The first-order valence-corrected chi connectivity index (χ1v) is 7.34. The molecule has 1 aliphatic rings. The largest absolute Gasteiger partial charge is 0.480 e. The average Bonchev–Trinajstić information content (AvgIpc) is 2.93. The predicted molar refractivity (Wildman–Crippen MR) is 81.8 cm³/mol. The number of rotatable bonds is 5. The molecule has 1 fully saturated rings. The lowest BCUT2D eigenvalue weighted by atomic mass is 9.98. The van der Waals surface area contributed by atoms with Gasteiger partial charge in [0.1, 0.15) is 5.54 Å². The first-order chi connectivity index (χ1) is 10.4. The van der Waals surface area contributed by atoms with E-state index >= 15 is 0 Å². The summed E-state index contributed by atoms with van der Waals surface area (Å²) in [5, 5.41) is 11.8. The molecule has 2 rings (SSSR count). The van der Waals surface area contributed by atoms with Crippen molar-refractivity contribution in [3.8, 4) is 0 Å². The van der Waals surface area contributed by atoms with Gasteiger partial charge in [0.2, 0.25) is 5.91 Å². The van der Waals surface area contributed by atoms with Crippen LogP contribution in [0.4, 0.5) is 5.69 Å². The first-order valence-electron chi connectivity index (χ1n) is 7.34. The molecule has 0 aliphatic carbocycles. The number of aliphatic carboxylic acids is 1. The van der Waals surface area contributed by atoms with E-state index < -0.39 is 17.4 Å². The highest BCUT2D eigenvalue weighted by Gasteiger charge is 2.33. The third-order valence-electron chi connectivity index (χ3n) is 4.06. The highest BCUT2D eigenvalue weighted by molar-refractivity contribution is 6.00. The van der Waals surface area contributed by atoms with E-state index in [1.807, 2.05) is 0 Å². The van der Waals surface area contributed by atoms with Crippen molar-refractivity contribution in [2.45, 2.75) is 38.6 Å². The molecule has 0 bridgehead atoms. The Kier molecular flexibility index (Phi) is 4.49. The molecule has 1 unspecified atom stereocenters. The molecular formula is C16H20N2O4. The van der Waals surface area contributed by atoms with Crippen LogP contribution in [0.25, 0.3) is 0 Å². The molecule has 22 heavy (non-hydrogen) atoms. The van der Waals surface area contributed by atoms with Gasteiger partial charge in [0.05, 0.1) is 0 Å². The SMILES string of the molecule is CCC(C)(NC(=O)c1cccc(N2CCCC2=O)c1)C(=O)O. The minimum Gasteiger partial charge on any atom is -0.480 e. The van der Waals surface area contributed by atoms with Crippen molar-refractivity contribution in [1.29, 1.82) is 0 Å². The zero-order valence-corrected chi connectivity index (χ0v) is 12.8. The molecule has 0 aromatic heterocycles. The maximum absolute atomic E-state index is 12.3. The third-order valence-corrected chi connectivity index (χ3v) is 4.06. The van der Waals surface area contributed by atoms with Gasteiger partial charge >= 0.3 is 5.97 Å². The van der Waals surface area contributed by atoms with E-state index in [1.165, 1.54) is 6.92 Å². The van der Waals surface area contributed by atoms with Crippen molar-refractivity contribution in [1.82, 2.24) is 5.32 Å². The molecule has 1 aliphatic heterocycles. The lowest BCUT2D eigenvalue weighted by molar-refractivity contribution is -0.143. The summed E-state index contributed by atoms with van der Waals surface area (Å²) in [5.74, 6) is -1.49. The summed E-state index contributed by atoms with van der Waals surface area (Å²) in [7, 11) is 0. The van der Waals surface area contributed by atoms with E-state index in [0.717, 1.165) is 6.42 Å². The van der Waals surface area contributed by atoms with Crippen LogP contribution in [0.1, 0.15) is 43.5 Å². The molecule has 1 atom stereocenters. The topological polar surface area (TPSA) is 86.7 Å². The summed E-state index contributed by atoms with van der Waals surface area (Å²) in [5.41, 5.74) is -0.293. The third kappa shape index (κ3) is 3.10. The zero-order valence-electron chi connectivity index (χ0n) is 12.8. The van der Waals surface area contributed by atoms with Crippen LogP contribution >= 0.6 is 0 Å². The van der Waals surface area contributed by atoms with Crippen molar-refractivity contribution in [3.63, 3.8) is 0 Å². The summed E-state index contributed by atoms with van der Waals surface area (Å²) >= 11 is 0. The number of nitrogens with one attached hydrogen (secondary N) is 1. The smallest absolute Gasteiger partial charge is 0.329 e. The first kappa shape index (κ1) is 16.0. The maximum Gasteiger partial charge on any atom is 0.329 e. The van der Waals surface area contributed by atoms with Gasteiger partial charge in [0.15, 0.2) is 0 Å². The Balaban J connectivity index is 2.20. The van der Waals surface area contributed by atoms with Crippen LogP contribution in [-0.4, -0.2) is 35.0 Å². The van der Waals surface area contributed by atoms with Gasteiger partial charge in [-0.1, -0.05) is 13.0 Å². The molecule has 1 saturated heterocycles. The Morgan fingerprint density at radius 2 is 2.14 bits per heavy atom. The van der Waals surface area contributed by atoms with Crippen LogP contribution in [0.2, 0.25) is 0 Å². The summed E-state index contributed by atoms with van der Waals surface area (Å²) in [4.78, 5) is 37.0. The molecule has 1 aromatic carbocycles. The standard InChI is InChI=1S/C16H20N2O4/c1-3-16(2,15(21)22)17-14(20)11-6-4-7-12(10-11)18-9-5-8-13(18)19/h4,6-7,10H,3,5,8-9H2,1-2H3,(H,17,20)(H,21,22). The van der Waals surface area contributed by atoms with Crippen LogP contribution in [0.5, 0.6) is 0 Å². The number of nitrogens with zero attached hydrogens (tertiary/aromatic N) is 1. The quantitative estimate of drug-likeness (QED) is 0.868. The lowest BCUT2D eigenvalue weighted by Gasteiger charge is -2.25. The Morgan fingerprint density at radius 1 is 1.41 bits per heavy atom. The number of hydrogen-bond acceptors (Lipinski definition) is 3. The number of carbonyl (C=O) groups excluding carboxylic acids is 2. The molecule has 6 heteroatoms. The molecule has 0 spiro atoms. The second kappa shape index (κ2) is 6.17. The highest BCUT2D eigenvalue weighted by atomic mass is 16.4. The van der Waals surface area contributed by atoms with Gasteiger partial charge in [-0.3, -0.25) is 9.59 Å². The second-order valence-electron chi connectivity index (χ2n) is 5.64.